The van der Waals surface area contributed by atoms with E-state index in [0.29, 0.717) is 11.9 Å². The Morgan fingerprint density at radius 2 is 1.80 bits per heavy atom. The molecular weight excluding hydrogens is 439 g/mol. The first kappa shape index (κ1) is 24.4. The molecule has 4 rings (SSSR count). The lowest BCUT2D eigenvalue weighted by Crippen LogP contribution is -2.35. The summed E-state index contributed by atoms with van der Waals surface area (Å²) in [5.74, 6) is 1.58. The van der Waals surface area contributed by atoms with Gasteiger partial charge in [-0.25, -0.2) is 9.97 Å². The van der Waals surface area contributed by atoms with E-state index in [1.54, 1.807) is 0 Å². The molecule has 0 radical (unpaired) electrons. The molecule has 1 aromatic heterocycles. The van der Waals surface area contributed by atoms with Gasteiger partial charge < -0.3 is 11.1 Å². The summed E-state index contributed by atoms with van der Waals surface area (Å²) in [6, 6.07) is 14.6. The monoisotopic (exact) mass is 464 g/mol. The second-order valence-corrected chi connectivity index (χ2v) is 8.04. The maximum Gasteiger partial charge on any atom is 0.154 e. The van der Waals surface area contributed by atoms with Crippen molar-refractivity contribution in [3.8, 4) is 0 Å². The van der Waals surface area contributed by atoms with E-state index in [0.717, 1.165) is 53.0 Å². The molecule has 0 spiro atoms. The van der Waals surface area contributed by atoms with Crippen LogP contribution in [0.25, 0.3) is 23.1 Å². The summed E-state index contributed by atoms with van der Waals surface area (Å²) >= 11 is 5.96. The van der Waals surface area contributed by atoms with Gasteiger partial charge in [0.05, 0.1) is 5.52 Å². The lowest BCUT2D eigenvalue weighted by molar-refractivity contribution is 0.409. The minimum Gasteiger partial charge on any atom is -0.367 e. The average molecular weight is 466 g/mol. The van der Waals surface area contributed by atoms with Crippen LogP contribution in [0.15, 0.2) is 42.5 Å². The molecule has 1 aliphatic rings. The molecule has 0 unspecified atom stereocenters. The number of nitrogens with two attached hydrogens (primary N) is 1. The minimum atomic E-state index is 0. The molecule has 7 heteroatoms. The van der Waals surface area contributed by atoms with Crippen molar-refractivity contribution in [1.82, 2.24) is 9.97 Å². The number of anilines is 1. The summed E-state index contributed by atoms with van der Waals surface area (Å²) in [5.41, 5.74) is 9.38. The number of halogens is 3. The zero-order chi connectivity index (χ0) is 19.5. The van der Waals surface area contributed by atoms with Gasteiger partial charge in [0.1, 0.15) is 5.82 Å². The van der Waals surface area contributed by atoms with Crippen molar-refractivity contribution in [2.75, 3.05) is 5.32 Å². The zero-order valence-electron chi connectivity index (χ0n) is 16.8. The van der Waals surface area contributed by atoms with Crippen LogP contribution in [0.5, 0.6) is 0 Å². The molecule has 0 amide bonds. The first-order valence-electron chi connectivity index (χ1n) is 9.81. The first-order chi connectivity index (χ1) is 13.6. The van der Waals surface area contributed by atoms with E-state index in [1.807, 2.05) is 36.4 Å². The highest BCUT2D eigenvalue weighted by Crippen LogP contribution is 2.26. The largest absolute Gasteiger partial charge is 0.367 e. The number of rotatable bonds is 4. The summed E-state index contributed by atoms with van der Waals surface area (Å²) in [6.45, 7) is 2.09. The molecule has 4 nitrogen and oxygen atoms in total. The van der Waals surface area contributed by atoms with Crippen LogP contribution in [-0.4, -0.2) is 22.1 Å². The van der Waals surface area contributed by atoms with E-state index >= 15 is 0 Å². The Labute approximate surface area is 195 Å². The fourth-order valence-electron chi connectivity index (χ4n) is 3.74. The van der Waals surface area contributed by atoms with E-state index in [4.69, 9.17) is 27.3 Å². The van der Waals surface area contributed by atoms with Crippen LogP contribution in [0.4, 0.5) is 5.82 Å². The maximum absolute atomic E-state index is 6.17. The quantitative estimate of drug-likeness (QED) is 0.475. The average Bonchev–Trinajstić information content (AvgIpc) is 2.68. The highest BCUT2D eigenvalue weighted by molar-refractivity contribution is 6.30. The van der Waals surface area contributed by atoms with Gasteiger partial charge in [0.2, 0.25) is 0 Å². The van der Waals surface area contributed by atoms with Gasteiger partial charge in [0.15, 0.2) is 5.82 Å². The Bertz CT molecular complexity index is 1010. The Morgan fingerprint density at radius 1 is 1.03 bits per heavy atom. The van der Waals surface area contributed by atoms with E-state index in [2.05, 4.69) is 30.4 Å². The van der Waals surface area contributed by atoms with Crippen molar-refractivity contribution in [2.24, 2.45) is 5.73 Å². The molecule has 1 fully saturated rings. The predicted molar refractivity (Wildman–Crippen MR) is 133 cm³/mol. The summed E-state index contributed by atoms with van der Waals surface area (Å²) < 4.78 is 0. The normalized spacial score (nSPS) is 18.6. The smallest absolute Gasteiger partial charge is 0.154 e. The summed E-state index contributed by atoms with van der Waals surface area (Å²) in [5, 5.41) is 5.43. The van der Waals surface area contributed by atoms with E-state index in [-0.39, 0.29) is 30.9 Å². The molecular formula is C23H27Cl3N4. The molecule has 160 valence electrons. The second kappa shape index (κ2) is 11.0. The van der Waals surface area contributed by atoms with E-state index in [9.17, 15) is 0 Å². The maximum atomic E-state index is 6.17. The summed E-state index contributed by atoms with van der Waals surface area (Å²) in [4.78, 5) is 9.55. The molecule has 0 aliphatic heterocycles. The fraction of sp³-hybridized carbons (Fsp3) is 0.304. The van der Waals surface area contributed by atoms with Crippen LogP contribution in [-0.2, 0) is 0 Å². The van der Waals surface area contributed by atoms with Gasteiger partial charge in [-0.2, -0.15) is 0 Å². The highest BCUT2D eigenvalue weighted by Gasteiger charge is 2.20. The Kier molecular flexibility index (Phi) is 8.92. The summed E-state index contributed by atoms with van der Waals surface area (Å²) in [6.07, 6.45) is 8.32. The molecule has 2 atom stereocenters. The van der Waals surface area contributed by atoms with Gasteiger partial charge in [0, 0.05) is 22.5 Å². The van der Waals surface area contributed by atoms with Crippen molar-refractivity contribution >= 4 is 65.3 Å². The topological polar surface area (TPSA) is 63.8 Å². The molecule has 1 saturated carbocycles. The zero-order valence-corrected chi connectivity index (χ0v) is 19.2. The molecule has 30 heavy (non-hydrogen) atoms. The number of hydrogen-bond acceptors (Lipinski definition) is 4. The third-order valence-corrected chi connectivity index (χ3v) is 5.47. The Hall–Kier alpha value is -1.85. The van der Waals surface area contributed by atoms with Crippen molar-refractivity contribution < 1.29 is 0 Å². The lowest BCUT2D eigenvalue weighted by atomic mass is 9.91. The minimum absolute atomic E-state index is 0. The number of fused-ring (bicyclic) bond motifs is 1. The van der Waals surface area contributed by atoms with Crippen molar-refractivity contribution in [1.29, 1.82) is 0 Å². The SMILES string of the molecule is Cc1ccc2nc(C=Cc3ccc(Cl)cc3)nc(N[C@H]3CCC[C@@H](N)C3)c2c1.Cl.Cl. The second-order valence-electron chi connectivity index (χ2n) is 7.60. The predicted octanol–water partition coefficient (Wildman–Crippen LogP) is 6.29. The van der Waals surface area contributed by atoms with Crippen LogP contribution in [0.1, 0.15) is 42.6 Å². The molecule has 0 saturated heterocycles. The number of aryl methyl sites for hydroxylation is 1. The number of aromatic nitrogens is 2. The third-order valence-electron chi connectivity index (χ3n) is 5.22. The van der Waals surface area contributed by atoms with Crippen LogP contribution in [0, 0.1) is 6.92 Å². The van der Waals surface area contributed by atoms with Crippen molar-refractivity contribution in [3.05, 3.63) is 64.4 Å². The van der Waals surface area contributed by atoms with Gasteiger partial charge in [-0.3, -0.25) is 0 Å². The van der Waals surface area contributed by atoms with E-state index < -0.39 is 0 Å². The molecule has 1 aliphatic carbocycles. The Morgan fingerprint density at radius 3 is 2.53 bits per heavy atom. The van der Waals surface area contributed by atoms with Crippen molar-refractivity contribution in [2.45, 2.75) is 44.7 Å². The molecule has 3 aromatic rings. The molecule has 2 aromatic carbocycles. The van der Waals surface area contributed by atoms with E-state index in [1.165, 1.54) is 5.56 Å². The van der Waals surface area contributed by atoms with Crippen LogP contribution >= 0.6 is 36.4 Å². The third kappa shape index (κ3) is 6.08. The van der Waals surface area contributed by atoms with Gasteiger partial charge in [-0.1, -0.05) is 41.4 Å². The summed E-state index contributed by atoms with van der Waals surface area (Å²) in [7, 11) is 0. The number of nitrogens with zero attached hydrogens (tertiary/aromatic N) is 2. The van der Waals surface area contributed by atoms with Crippen LogP contribution in [0.3, 0.4) is 0 Å². The number of hydrogen-bond donors (Lipinski definition) is 2. The lowest BCUT2D eigenvalue weighted by Gasteiger charge is -2.28. The van der Waals surface area contributed by atoms with Crippen LogP contribution in [0.2, 0.25) is 5.02 Å². The molecule has 0 bridgehead atoms. The fourth-order valence-corrected chi connectivity index (χ4v) is 3.87. The molecule has 1 heterocycles. The standard InChI is InChI=1S/C23H25ClN4.2ClH/c1-15-5-11-21-20(13-15)23(26-19-4-2-3-18(25)14-19)28-22(27-21)12-8-16-6-9-17(24)10-7-16;;/h5-13,18-19H,2-4,14,25H2,1H3,(H,26,27,28);2*1H/t18-,19+;;/m1../s1. The number of benzene rings is 2. The van der Waals surface area contributed by atoms with Gasteiger partial charge in [-0.15, -0.1) is 24.8 Å². The number of nitrogens with one attached hydrogen (secondary N) is 1. The highest BCUT2D eigenvalue weighted by atomic mass is 35.5. The molecule has 3 N–H and O–H groups in total. The first-order valence-corrected chi connectivity index (χ1v) is 10.2. The van der Waals surface area contributed by atoms with Gasteiger partial charge in [-0.05, 0) is 68.5 Å². The van der Waals surface area contributed by atoms with Crippen molar-refractivity contribution in [3.63, 3.8) is 0 Å². The van der Waals surface area contributed by atoms with Gasteiger partial charge in [0.25, 0.3) is 0 Å². The van der Waals surface area contributed by atoms with Gasteiger partial charge >= 0.3 is 0 Å². The Balaban J connectivity index is 0.00000160. The van der Waals surface area contributed by atoms with Crippen LogP contribution < -0.4 is 11.1 Å².